The van der Waals surface area contributed by atoms with Crippen LogP contribution in [0.2, 0.25) is 5.02 Å². The number of nitrogens with zero attached hydrogens (tertiary/aromatic N) is 2. The van der Waals surface area contributed by atoms with Crippen molar-refractivity contribution in [3.63, 3.8) is 0 Å². The molecule has 4 heteroatoms. The van der Waals surface area contributed by atoms with Crippen LogP contribution in [0, 0.1) is 6.92 Å². The van der Waals surface area contributed by atoms with Crippen molar-refractivity contribution in [3.8, 4) is 0 Å². The number of aromatic nitrogens is 2. The van der Waals surface area contributed by atoms with E-state index in [1.165, 1.54) is 0 Å². The average Bonchev–Trinajstić information content (AvgIpc) is 2.61. The molecule has 1 aromatic heterocycles. The van der Waals surface area contributed by atoms with Crippen LogP contribution in [0.15, 0.2) is 30.3 Å². The van der Waals surface area contributed by atoms with Gasteiger partial charge in [-0.1, -0.05) is 29.8 Å². The summed E-state index contributed by atoms with van der Waals surface area (Å²) in [6.45, 7) is 1.96. The van der Waals surface area contributed by atoms with Crippen molar-refractivity contribution in [1.82, 2.24) is 9.78 Å². The summed E-state index contributed by atoms with van der Waals surface area (Å²) in [5.41, 5.74) is 9.27. The minimum Gasteiger partial charge on any atom is -0.322 e. The lowest BCUT2D eigenvalue weighted by Gasteiger charge is -2.12. The highest BCUT2D eigenvalue weighted by Crippen LogP contribution is 2.22. The van der Waals surface area contributed by atoms with Crippen LogP contribution in [0.25, 0.3) is 0 Å². The van der Waals surface area contributed by atoms with Gasteiger partial charge in [0.15, 0.2) is 0 Å². The van der Waals surface area contributed by atoms with E-state index in [1.807, 2.05) is 49.0 Å². The highest BCUT2D eigenvalue weighted by Gasteiger charge is 2.13. The second-order valence-electron chi connectivity index (χ2n) is 4.24. The van der Waals surface area contributed by atoms with Crippen LogP contribution in [0.3, 0.4) is 0 Å². The molecule has 1 aromatic carbocycles. The Kier molecular flexibility index (Phi) is 3.50. The van der Waals surface area contributed by atoms with Gasteiger partial charge in [0, 0.05) is 12.1 Å². The molecule has 0 fully saturated rings. The van der Waals surface area contributed by atoms with E-state index in [2.05, 4.69) is 5.10 Å². The van der Waals surface area contributed by atoms with E-state index in [0.717, 1.165) is 28.4 Å². The molecule has 2 aromatic rings. The normalized spacial score (nSPS) is 12.7. The quantitative estimate of drug-likeness (QED) is 0.909. The fourth-order valence-corrected chi connectivity index (χ4v) is 2.20. The molecule has 0 saturated heterocycles. The third-order valence-corrected chi connectivity index (χ3v) is 3.18. The lowest BCUT2D eigenvalue weighted by molar-refractivity contribution is 0.615. The summed E-state index contributed by atoms with van der Waals surface area (Å²) in [4.78, 5) is 0. The van der Waals surface area contributed by atoms with E-state index < -0.39 is 0 Å². The number of benzene rings is 1. The van der Waals surface area contributed by atoms with Crippen LogP contribution in [0.5, 0.6) is 0 Å². The van der Waals surface area contributed by atoms with Gasteiger partial charge in [-0.05, 0) is 31.0 Å². The third-order valence-electron chi connectivity index (χ3n) is 2.82. The first-order valence-electron chi connectivity index (χ1n) is 5.57. The van der Waals surface area contributed by atoms with Gasteiger partial charge in [-0.15, -0.1) is 0 Å². The fourth-order valence-electron chi connectivity index (χ4n) is 1.98. The van der Waals surface area contributed by atoms with Gasteiger partial charge in [-0.25, -0.2) is 0 Å². The van der Waals surface area contributed by atoms with E-state index in [1.54, 1.807) is 0 Å². The summed E-state index contributed by atoms with van der Waals surface area (Å²) < 4.78 is 1.83. The lowest BCUT2D eigenvalue weighted by Crippen LogP contribution is -2.17. The standard InChI is InChI=1S/C13H16ClN3/c1-9-7-13(17(2)16-9)12(15)8-10-5-3-4-6-11(10)14/h3-7,12H,8,15H2,1-2H3. The molecule has 0 radical (unpaired) electrons. The second kappa shape index (κ2) is 4.90. The number of halogens is 1. The molecule has 17 heavy (non-hydrogen) atoms. The zero-order chi connectivity index (χ0) is 12.4. The molecule has 90 valence electrons. The summed E-state index contributed by atoms with van der Waals surface area (Å²) >= 11 is 6.12. The molecule has 3 nitrogen and oxygen atoms in total. The molecule has 0 aliphatic heterocycles. The first-order valence-corrected chi connectivity index (χ1v) is 5.95. The minimum atomic E-state index is -0.0823. The van der Waals surface area contributed by atoms with Crippen LogP contribution in [0.4, 0.5) is 0 Å². The van der Waals surface area contributed by atoms with E-state index >= 15 is 0 Å². The minimum absolute atomic E-state index is 0.0823. The first-order chi connectivity index (χ1) is 8.08. The monoisotopic (exact) mass is 249 g/mol. The van der Waals surface area contributed by atoms with Crippen molar-refractivity contribution in [2.75, 3.05) is 0 Å². The van der Waals surface area contributed by atoms with Crippen LogP contribution >= 0.6 is 11.6 Å². The predicted molar refractivity (Wildman–Crippen MR) is 70.0 cm³/mol. The van der Waals surface area contributed by atoms with Crippen LogP contribution in [-0.2, 0) is 13.5 Å². The van der Waals surface area contributed by atoms with E-state index in [4.69, 9.17) is 17.3 Å². The Morgan fingerprint density at radius 1 is 1.41 bits per heavy atom. The Morgan fingerprint density at radius 3 is 2.71 bits per heavy atom. The highest BCUT2D eigenvalue weighted by molar-refractivity contribution is 6.31. The van der Waals surface area contributed by atoms with Gasteiger partial charge in [0.25, 0.3) is 0 Å². The Hall–Kier alpha value is -1.32. The van der Waals surface area contributed by atoms with Crippen molar-refractivity contribution < 1.29 is 0 Å². The van der Waals surface area contributed by atoms with Gasteiger partial charge < -0.3 is 5.73 Å². The molecule has 1 heterocycles. The average molecular weight is 250 g/mol. The number of hydrogen-bond acceptors (Lipinski definition) is 2. The SMILES string of the molecule is Cc1cc(C(N)Cc2ccccc2Cl)n(C)n1. The second-order valence-corrected chi connectivity index (χ2v) is 4.64. The molecule has 0 aliphatic rings. The van der Waals surface area contributed by atoms with Gasteiger partial charge >= 0.3 is 0 Å². The Bertz CT molecular complexity index is 519. The number of rotatable bonds is 3. The van der Waals surface area contributed by atoms with Crippen molar-refractivity contribution in [2.45, 2.75) is 19.4 Å². The first kappa shape index (κ1) is 12.1. The Morgan fingerprint density at radius 2 is 2.12 bits per heavy atom. The van der Waals surface area contributed by atoms with Gasteiger partial charge in [0.2, 0.25) is 0 Å². The molecule has 1 atom stereocenters. The molecular formula is C13H16ClN3. The van der Waals surface area contributed by atoms with Crippen molar-refractivity contribution in [3.05, 3.63) is 52.3 Å². The molecule has 0 bridgehead atoms. The van der Waals surface area contributed by atoms with Crippen LogP contribution in [-0.4, -0.2) is 9.78 Å². The fraction of sp³-hybridized carbons (Fsp3) is 0.308. The topological polar surface area (TPSA) is 43.8 Å². The van der Waals surface area contributed by atoms with Crippen LogP contribution in [0.1, 0.15) is 23.0 Å². The number of hydrogen-bond donors (Lipinski definition) is 1. The Balaban J connectivity index is 2.20. The van der Waals surface area contributed by atoms with E-state index in [0.29, 0.717) is 0 Å². The molecule has 2 rings (SSSR count). The summed E-state index contributed by atoms with van der Waals surface area (Å²) in [5, 5.41) is 5.07. The summed E-state index contributed by atoms with van der Waals surface area (Å²) in [5.74, 6) is 0. The smallest absolute Gasteiger partial charge is 0.0597 e. The summed E-state index contributed by atoms with van der Waals surface area (Å²) in [6, 6.07) is 9.72. The maximum Gasteiger partial charge on any atom is 0.0597 e. The molecule has 0 aliphatic carbocycles. The van der Waals surface area contributed by atoms with Gasteiger partial charge in [0.1, 0.15) is 0 Å². The number of aryl methyl sites for hydroxylation is 2. The molecule has 0 saturated carbocycles. The molecule has 1 unspecified atom stereocenters. The van der Waals surface area contributed by atoms with Crippen molar-refractivity contribution >= 4 is 11.6 Å². The summed E-state index contributed by atoms with van der Waals surface area (Å²) in [7, 11) is 1.91. The molecule has 2 N–H and O–H groups in total. The van der Waals surface area contributed by atoms with Gasteiger partial charge in [0.05, 0.1) is 17.4 Å². The zero-order valence-electron chi connectivity index (χ0n) is 10.0. The van der Waals surface area contributed by atoms with Gasteiger partial charge in [-0.2, -0.15) is 5.10 Å². The van der Waals surface area contributed by atoms with Gasteiger partial charge in [-0.3, -0.25) is 4.68 Å². The van der Waals surface area contributed by atoms with E-state index in [9.17, 15) is 0 Å². The number of nitrogens with two attached hydrogens (primary N) is 1. The largest absolute Gasteiger partial charge is 0.322 e. The molecular weight excluding hydrogens is 234 g/mol. The zero-order valence-corrected chi connectivity index (χ0v) is 10.8. The maximum atomic E-state index is 6.19. The highest BCUT2D eigenvalue weighted by atomic mass is 35.5. The lowest BCUT2D eigenvalue weighted by atomic mass is 10.0. The molecule has 0 amide bonds. The maximum absolute atomic E-state index is 6.19. The Labute approximate surface area is 106 Å². The van der Waals surface area contributed by atoms with Crippen molar-refractivity contribution in [2.24, 2.45) is 12.8 Å². The molecule has 0 spiro atoms. The predicted octanol–water partition coefficient (Wildman–Crippen LogP) is 2.62. The van der Waals surface area contributed by atoms with Crippen molar-refractivity contribution in [1.29, 1.82) is 0 Å². The summed E-state index contributed by atoms with van der Waals surface area (Å²) in [6.07, 6.45) is 0.721. The van der Waals surface area contributed by atoms with E-state index in [-0.39, 0.29) is 6.04 Å². The van der Waals surface area contributed by atoms with Crippen LogP contribution < -0.4 is 5.73 Å². The third kappa shape index (κ3) is 2.68.